The van der Waals surface area contributed by atoms with Gasteiger partial charge in [0, 0.05) is 32.2 Å². The van der Waals surface area contributed by atoms with Crippen LogP contribution in [0.5, 0.6) is 0 Å². The monoisotopic (exact) mass is 371 g/mol. The first-order chi connectivity index (χ1) is 13.0. The summed E-state index contributed by atoms with van der Waals surface area (Å²) in [7, 11) is 1.88. The van der Waals surface area contributed by atoms with Crippen LogP contribution in [0, 0.1) is 0 Å². The lowest BCUT2D eigenvalue weighted by Crippen LogP contribution is -2.45. The van der Waals surface area contributed by atoms with Crippen LogP contribution in [0.3, 0.4) is 0 Å². The van der Waals surface area contributed by atoms with E-state index in [1.54, 1.807) is 4.57 Å². The van der Waals surface area contributed by atoms with Crippen molar-refractivity contribution in [3.05, 3.63) is 34.7 Å². The number of para-hydroxylation sites is 2. The van der Waals surface area contributed by atoms with Gasteiger partial charge in [0.15, 0.2) is 0 Å². The number of piperidine rings is 1. The predicted molar refractivity (Wildman–Crippen MR) is 109 cm³/mol. The minimum atomic E-state index is 0.126. The molecule has 5 heteroatoms. The fraction of sp³-hybridized carbons (Fsp3) is 0.682. The van der Waals surface area contributed by atoms with Crippen molar-refractivity contribution in [2.24, 2.45) is 7.05 Å². The van der Waals surface area contributed by atoms with Gasteiger partial charge >= 0.3 is 5.69 Å². The van der Waals surface area contributed by atoms with Gasteiger partial charge in [0.2, 0.25) is 0 Å². The van der Waals surface area contributed by atoms with Crippen LogP contribution in [0.15, 0.2) is 29.1 Å². The molecule has 2 aliphatic rings. The molecule has 1 aromatic heterocycles. The number of imidazole rings is 1. The van der Waals surface area contributed by atoms with Crippen LogP contribution < -0.4 is 5.69 Å². The molecule has 1 aliphatic carbocycles. The zero-order valence-corrected chi connectivity index (χ0v) is 16.9. The van der Waals surface area contributed by atoms with Gasteiger partial charge in [0.25, 0.3) is 0 Å². The van der Waals surface area contributed by atoms with Gasteiger partial charge in [-0.25, -0.2) is 4.79 Å². The molecule has 27 heavy (non-hydrogen) atoms. The molecule has 0 spiro atoms. The molecule has 1 saturated heterocycles. The number of fused-ring (bicyclic) bond motifs is 1. The van der Waals surface area contributed by atoms with Crippen LogP contribution in [0.1, 0.15) is 58.4 Å². The van der Waals surface area contributed by atoms with E-state index in [1.807, 2.05) is 29.8 Å². The summed E-state index contributed by atoms with van der Waals surface area (Å²) < 4.78 is 9.83. The van der Waals surface area contributed by atoms with Crippen LogP contribution in [0.4, 0.5) is 0 Å². The van der Waals surface area contributed by atoms with Crippen molar-refractivity contribution in [1.29, 1.82) is 0 Å². The number of likely N-dealkylation sites (tertiary alicyclic amines) is 1. The highest BCUT2D eigenvalue weighted by Crippen LogP contribution is 2.31. The number of aryl methyl sites for hydroxylation is 1. The summed E-state index contributed by atoms with van der Waals surface area (Å²) in [5, 5.41) is 0. The Kier molecular flexibility index (Phi) is 5.42. The predicted octanol–water partition coefficient (Wildman–Crippen LogP) is 3.71. The van der Waals surface area contributed by atoms with E-state index in [0.29, 0.717) is 24.3 Å². The van der Waals surface area contributed by atoms with Crippen molar-refractivity contribution in [1.82, 2.24) is 14.0 Å². The SMILES string of the molecule is CC(C)OC1CCC(N2CCC(n3c(=O)n(C)c4ccccc43)CC2)CC1. The Morgan fingerprint density at radius 2 is 1.56 bits per heavy atom. The number of ether oxygens (including phenoxy) is 1. The summed E-state index contributed by atoms with van der Waals surface area (Å²) in [5.74, 6) is 0. The van der Waals surface area contributed by atoms with E-state index in [9.17, 15) is 4.79 Å². The lowest BCUT2D eigenvalue weighted by atomic mass is 9.90. The van der Waals surface area contributed by atoms with Gasteiger partial charge in [-0.2, -0.15) is 0 Å². The summed E-state index contributed by atoms with van der Waals surface area (Å²) >= 11 is 0. The van der Waals surface area contributed by atoms with Gasteiger partial charge in [-0.15, -0.1) is 0 Å². The van der Waals surface area contributed by atoms with E-state index in [2.05, 4.69) is 24.8 Å². The lowest BCUT2D eigenvalue weighted by Gasteiger charge is -2.41. The lowest BCUT2D eigenvalue weighted by molar-refractivity contribution is -0.0289. The van der Waals surface area contributed by atoms with E-state index in [-0.39, 0.29) is 5.69 Å². The molecule has 148 valence electrons. The first-order valence-electron chi connectivity index (χ1n) is 10.6. The Morgan fingerprint density at radius 3 is 2.19 bits per heavy atom. The quantitative estimate of drug-likeness (QED) is 0.822. The molecule has 4 rings (SSSR count). The average Bonchev–Trinajstić information content (AvgIpc) is 2.93. The minimum absolute atomic E-state index is 0.126. The first kappa shape index (κ1) is 18.8. The summed E-state index contributed by atoms with van der Waals surface area (Å²) in [6.45, 7) is 6.46. The van der Waals surface area contributed by atoms with Gasteiger partial charge in [-0.05, 0) is 64.5 Å². The molecule has 1 saturated carbocycles. The van der Waals surface area contributed by atoms with Gasteiger partial charge in [-0.1, -0.05) is 12.1 Å². The molecule has 2 aromatic rings. The largest absolute Gasteiger partial charge is 0.376 e. The summed E-state index contributed by atoms with van der Waals surface area (Å²) in [5.41, 5.74) is 2.24. The Balaban J connectivity index is 1.39. The van der Waals surface area contributed by atoms with Crippen LogP contribution in [0.2, 0.25) is 0 Å². The standard InChI is InChI=1S/C22H33N3O2/c1-16(2)27-19-10-8-17(9-11-19)24-14-12-18(13-15-24)25-21-7-5-4-6-20(21)23(3)22(25)26/h4-7,16-19H,8-15H2,1-3H3. The normalized spacial score (nSPS) is 25.5. The van der Waals surface area contributed by atoms with Crippen molar-refractivity contribution >= 4 is 11.0 Å². The highest BCUT2D eigenvalue weighted by molar-refractivity contribution is 5.76. The molecule has 5 nitrogen and oxygen atoms in total. The van der Waals surface area contributed by atoms with Crippen LogP contribution in [-0.2, 0) is 11.8 Å². The fourth-order valence-corrected chi connectivity index (χ4v) is 5.11. The van der Waals surface area contributed by atoms with Crippen molar-refractivity contribution in [2.45, 2.75) is 76.7 Å². The van der Waals surface area contributed by atoms with E-state index in [4.69, 9.17) is 4.74 Å². The third-order valence-electron chi connectivity index (χ3n) is 6.48. The zero-order valence-electron chi connectivity index (χ0n) is 16.9. The molecular weight excluding hydrogens is 338 g/mol. The molecule has 2 fully saturated rings. The number of hydrogen-bond acceptors (Lipinski definition) is 3. The zero-order chi connectivity index (χ0) is 19.0. The number of nitrogens with zero attached hydrogens (tertiary/aromatic N) is 3. The second-order valence-corrected chi connectivity index (χ2v) is 8.58. The second kappa shape index (κ2) is 7.80. The highest BCUT2D eigenvalue weighted by atomic mass is 16.5. The minimum Gasteiger partial charge on any atom is -0.376 e. The fourth-order valence-electron chi connectivity index (χ4n) is 5.11. The number of aromatic nitrogens is 2. The molecule has 0 atom stereocenters. The van der Waals surface area contributed by atoms with Crippen molar-refractivity contribution < 1.29 is 4.74 Å². The third-order valence-corrected chi connectivity index (χ3v) is 6.48. The van der Waals surface area contributed by atoms with E-state index in [0.717, 1.165) is 37.0 Å². The van der Waals surface area contributed by atoms with Crippen LogP contribution >= 0.6 is 0 Å². The van der Waals surface area contributed by atoms with Crippen molar-refractivity contribution in [2.75, 3.05) is 13.1 Å². The van der Waals surface area contributed by atoms with E-state index < -0.39 is 0 Å². The summed E-state index contributed by atoms with van der Waals surface area (Å²) in [4.78, 5) is 15.5. The van der Waals surface area contributed by atoms with Crippen LogP contribution in [0.25, 0.3) is 11.0 Å². The maximum absolute atomic E-state index is 12.8. The molecule has 0 amide bonds. The Labute approximate surface area is 161 Å². The highest BCUT2D eigenvalue weighted by Gasteiger charge is 2.31. The van der Waals surface area contributed by atoms with Gasteiger partial charge < -0.3 is 9.64 Å². The van der Waals surface area contributed by atoms with Crippen molar-refractivity contribution in [3.63, 3.8) is 0 Å². The van der Waals surface area contributed by atoms with E-state index in [1.165, 1.54) is 25.7 Å². The molecule has 0 bridgehead atoms. The smallest absolute Gasteiger partial charge is 0.329 e. The number of rotatable bonds is 4. The Hall–Kier alpha value is -1.59. The molecule has 0 radical (unpaired) electrons. The molecule has 2 heterocycles. The van der Waals surface area contributed by atoms with Gasteiger partial charge in [0.1, 0.15) is 0 Å². The van der Waals surface area contributed by atoms with Crippen molar-refractivity contribution in [3.8, 4) is 0 Å². The maximum Gasteiger partial charge on any atom is 0.329 e. The van der Waals surface area contributed by atoms with Crippen LogP contribution in [-0.4, -0.2) is 45.4 Å². The maximum atomic E-state index is 12.8. The molecule has 1 aromatic carbocycles. The van der Waals surface area contributed by atoms with Gasteiger partial charge in [-0.3, -0.25) is 9.13 Å². The molecule has 0 unspecified atom stereocenters. The van der Waals surface area contributed by atoms with E-state index >= 15 is 0 Å². The summed E-state index contributed by atoms with van der Waals surface area (Å²) in [6, 6.07) is 9.18. The summed E-state index contributed by atoms with van der Waals surface area (Å²) in [6.07, 6.45) is 7.78. The third kappa shape index (κ3) is 3.72. The molecule has 0 N–H and O–H groups in total. The van der Waals surface area contributed by atoms with Gasteiger partial charge in [0.05, 0.1) is 23.2 Å². The topological polar surface area (TPSA) is 39.4 Å². The number of benzene rings is 1. The number of hydrogen-bond donors (Lipinski definition) is 0. The molecule has 1 aliphatic heterocycles. The Bertz CT molecular complexity index is 822. The Morgan fingerprint density at radius 1 is 0.926 bits per heavy atom. The first-order valence-corrected chi connectivity index (χ1v) is 10.6. The second-order valence-electron chi connectivity index (χ2n) is 8.58. The molecular formula is C22H33N3O2. The average molecular weight is 372 g/mol.